The highest BCUT2D eigenvalue weighted by Crippen LogP contribution is 2.11. The molecule has 1 aliphatic heterocycles. The molecule has 5 heteroatoms. The van der Waals surface area contributed by atoms with Gasteiger partial charge in [-0.25, -0.2) is 9.97 Å². The molecule has 1 aliphatic rings. The Hall–Kier alpha value is -1.20. The molecule has 0 spiro atoms. The van der Waals surface area contributed by atoms with E-state index in [0.29, 0.717) is 6.04 Å². The Balaban J connectivity index is 1.66. The number of nitrogens with one attached hydrogen (secondary N) is 1. The van der Waals surface area contributed by atoms with Crippen molar-refractivity contribution in [2.75, 3.05) is 44.2 Å². The molecule has 0 bridgehead atoms. The van der Waals surface area contributed by atoms with Gasteiger partial charge in [0.1, 0.15) is 0 Å². The second kappa shape index (κ2) is 8.95. The van der Waals surface area contributed by atoms with Crippen LogP contribution in [0.25, 0.3) is 0 Å². The minimum atomic E-state index is 0.602. The quantitative estimate of drug-likeness (QED) is 0.740. The maximum atomic E-state index is 4.33. The molecule has 2 heterocycles. The summed E-state index contributed by atoms with van der Waals surface area (Å²) in [7, 11) is 0. The van der Waals surface area contributed by atoms with Gasteiger partial charge in [-0.2, -0.15) is 0 Å². The summed E-state index contributed by atoms with van der Waals surface area (Å²) in [6, 6.07) is 2.47. The first-order chi connectivity index (χ1) is 10.3. The molecule has 0 amide bonds. The van der Waals surface area contributed by atoms with Crippen LogP contribution in [0.5, 0.6) is 0 Å². The standard InChI is InChI=1S/C16H29N5/c1-3-4-5-7-17-14-15(2)20-10-12-21(13-11-20)16-18-8-6-9-19-16/h6,8-9,15,17H,3-5,7,10-14H2,1-2H3. The molecule has 2 rings (SSSR count). The van der Waals surface area contributed by atoms with Crippen LogP contribution in [0.3, 0.4) is 0 Å². The van der Waals surface area contributed by atoms with Crippen molar-refractivity contribution in [3.8, 4) is 0 Å². The van der Waals surface area contributed by atoms with Crippen molar-refractivity contribution in [2.45, 2.75) is 39.2 Å². The molecule has 0 aromatic carbocycles. The minimum Gasteiger partial charge on any atom is -0.338 e. The maximum Gasteiger partial charge on any atom is 0.225 e. The summed E-state index contributed by atoms with van der Waals surface area (Å²) in [5, 5.41) is 3.58. The van der Waals surface area contributed by atoms with Gasteiger partial charge in [-0.3, -0.25) is 4.90 Å². The van der Waals surface area contributed by atoms with Gasteiger partial charge in [-0.1, -0.05) is 19.8 Å². The van der Waals surface area contributed by atoms with Gasteiger partial charge in [0.05, 0.1) is 0 Å². The number of piperazine rings is 1. The smallest absolute Gasteiger partial charge is 0.225 e. The van der Waals surface area contributed by atoms with Crippen molar-refractivity contribution in [3.63, 3.8) is 0 Å². The lowest BCUT2D eigenvalue weighted by atomic mass is 10.2. The number of rotatable bonds is 8. The molecule has 1 unspecified atom stereocenters. The van der Waals surface area contributed by atoms with Gasteiger partial charge < -0.3 is 10.2 Å². The van der Waals surface area contributed by atoms with Crippen LogP contribution < -0.4 is 10.2 Å². The molecular formula is C16H29N5. The molecule has 0 aliphatic carbocycles. The number of nitrogens with zero attached hydrogens (tertiary/aromatic N) is 4. The Kier molecular flexibility index (Phi) is 6.89. The summed E-state index contributed by atoms with van der Waals surface area (Å²) in [4.78, 5) is 13.5. The van der Waals surface area contributed by atoms with Crippen LogP contribution in [0, 0.1) is 0 Å². The van der Waals surface area contributed by atoms with E-state index in [1.54, 1.807) is 0 Å². The Labute approximate surface area is 128 Å². The average Bonchev–Trinajstić information content (AvgIpc) is 2.55. The van der Waals surface area contributed by atoms with Crippen molar-refractivity contribution < 1.29 is 0 Å². The summed E-state index contributed by atoms with van der Waals surface area (Å²) in [5.74, 6) is 0.863. The third kappa shape index (κ3) is 5.25. The highest BCUT2D eigenvalue weighted by atomic mass is 15.3. The number of anilines is 1. The van der Waals surface area contributed by atoms with Crippen LogP contribution in [0.4, 0.5) is 5.95 Å². The summed E-state index contributed by atoms with van der Waals surface area (Å²) in [6.45, 7) is 11.0. The van der Waals surface area contributed by atoms with Gasteiger partial charge in [-0.05, 0) is 26.0 Å². The molecule has 0 radical (unpaired) electrons. The van der Waals surface area contributed by atoms with Crippen molar-refractivity contribution in [3.05, 3.63) is 18.5 Å². The number of aromatic nitrogens is 2. The van der Waals surface area contributed by atoms with Crippen molar-refractivity contribution >= 4 is 5.95 Å². The fraction of sp³-hybridized carbons (Fsp3) is 0.750. The lowest BCUT2D eigenvalue weighted by Gasteiger charge is -2.38. The first-order valence-corrected chi connectivity index (χ1v) is 8.28. The van der Waals surface area contributed by atoms with E-state index in [0.717, 1.165) is 45.2 Å². The predicted molar refractivity (Wildman–Crippen MR) is 87.7 cm³/mol. The van der Waals surface area contributed by atoms with Gasteiger partial charge in [0.15, 0.2) is 0 Å². The van der Waals surface area contributed by atoms with Crippen LogP contribution in [0.1, 0.15) is 33.1 Å². The Morgan fingerprint density at radius 3 is 2.52 bits per heavy atom. The molecule has 118 valence electrons. The van der Waals surface area contributed by atoms with Crippen molar-refractivity contribution in [1.82, 2.24) is 20.2 Å². The molecule has 5 nitrogen and oxygen atoms in total. The van der Waals surface area contributed by atoms with Crippen molar-refractivity contribution in [1.29, 1.82) is 0 Å². The highest BCUT2D eigenvalue weighted by Gasteiger charge is 2.21. The zero-order valence-electron chi connectivity index (χ0n) is 13.5. The summed E-state index contributed by atoms with van der Waals surface area (Å²) < 4.78 is 0. The molecule has 1 atom stereocenters. The zero-order chi connectivity index (χ0) is 14.9. The molecule has 21 heavy (non-hydrogen) atoms. The molecule has 1 saturated heterocycles. The van der Waals surface area contributed by atoms with E-state index in [1.807, 2.05) is 18.5 Å². The van der Waals surface area contributed by atoms with Gasteiger partial charge >= 0.3 is 0 Å². The monoisotopic (exact) mass is 291 g/mol. The summed E-state index contributed by atoms with van der Waals surface area (Å²) in [6.07, 6.45) is 7.55. The fourth-order valence-corrected chi connectivity index (χ4v) is 2.76. The van der Waals surface area contributed by atoms with Crippen LogP contribution in [-0.2, 0) is 0 Å². The topological polar surface area (TPSA) is 44.3 Å². The lowest BCUT2D eigenvalue weighted by Crippen LogP contribution is -2.52. The normalized spacial score (nSPS) is 17.9. The van der Waals surface area contributed by atoms with E-state index < -0.39 is 0 Å². The second-order valence-electron chi connectivity index (χ2n) is 5.83. The molecule has 1 fully saturated rings. The van der Waals surface area contributed by atoms with Crippen LogP contribution in [-0.4, -0.2) is 60.2 Å². The van der Waals surface area contributed by atoms with Gasteiger partial charge in [-0.15, -0.1) is 0 Å². The second-order valence-corrected chi connectivity index (χ2v) is 5.83. The Morgan fingerprint density at radius 1 is 1.14 bits per heavy atom. The van der Waals surface area contributed by atoms with Crippen molar-refractivity contribution in [2.24, 2.45) is 0 Å². The zero-order valence-corrected chi connectivity index (χ0v) is 13.5. The third-order valence-corrected chi connectivity index (χ3v) is 4.17. The maximum absolute atomic E-state index is 4.33. The fourth-order valence-electron chi connectivity index (χ4n) is 2.76. The Bertz CT molecular complexity index is 376. The number of hydrogen-bond acceptors (Lipinski definition) is 5. The first-order valence-electron chi connectivity index (χ1n) is 8.28. The number of hydrogen-bond donors (Lipinski definition) is 1. The van der Waals surface area contributed by atoms with E-state index in [-0.39, 0.29) is 0 Å². The number of unbranched alkanes of at least 4 members (excludes halogenated alkanes) is 2. The van der Waals surface area contributed by atoms with Crippen LogP contribution >= 0.6 is 0 Å². The van der Waals surface area contributed by atoms with E-state index in [1.165, 1.54) is 19.3 Å². The molecule has 1 aromatic rings. The van der Waals surface area contributed by atoms with Gasteiger partial charge in [0.2, 0.25) is 5.95 Å². The van der Waals surface area contributed by atoms with E-state index >= 15 is 0 Å². The third-order valence-electron chi connectivity index (χ3n) is 4.17. The molecule has 1 aromatic heterocycles. The van der Waals surface area contributed by atoms with Gasteiger partial charge in [0, 0.05) is 51.2 Å². The van der Waals surface area contributed by atoms with Crippen LogP contribution in [0.2, 0.25) is 0 Å². The summed E-state index contributed by atoms with van der Waals surface area (Å²) in [5.41, 5.74) is 0. The van der Waals surface area contributed by atoms with E-state index in [9.17, 15) is 0 Å². The largest absolute Gasteiger partial charge is 0.338 e. The Morgan fingerprint density at radius 2 is 1.86 bits per heavy atom. The molecule has 0 saturated carbocycles. The minimum absolute atomic E-state index is 0.602. The molecular weight excluding hydrogens is 262 g/mol. The first kappa shape index (κ1) is 16.2. The predicted octanol–water partition coefficient (Wildman–Crippen LogP) is 1.77. The van der Waals surface area contributed by atoms with E-state index in [2.05, 4.69) is 38.9 Å². The van der Waals surface area contributed by atoms with E-state index in [4.69, 9.17) is 0 Å². The summed E-state index contributed by atoms with van der Waals surface area (Å²) >= 11 is 0. The average molecular weight is 291 g/mol. The SMILES string of the molecule is CCCCCNCC(C)N1CCN(c2ncccn2)CC1. The highest BCUT2D eigenvalue weighted by molar-refractivity contribution is 5.29. The molecule has 1 N–H and O–H groups in total. The van der Waals surface area contributed by atoms with Crippen LogP contribution in [0.15, 0.2) is 18.5 Å². The van der Waals surface area contributed by atoms with Gasteiger partial charge in [0.25, 0.3) is 0 Å². The lowest BCUT2D eigenvalue weighted by molar-refractivity contribution is 0.192.